The number of hydrogen-bond donors (Lipinski definition) is 1. The van der Waals surface area contributed by atoms with Crippen LogP contribution in [0.4, 0.5) is 4.39 Å². The van der Waals surface area contributed by atoms with Crippen molar-refractivity contribution in [3.05, 3.63) is 53.1 Å². The highest BCUT2D eigenvalue weighted by molar-refractivity contribution is 5.16. The van der Waals surface area contributed by atoms with E-state index in [1.54, 1.807) is 0 Å². The molecular weight excluding hydrogens is 229 g/mol. The highest BCUT2D eigenvalue weighted by atomic mass is 19.1. The Hall–Kier alpha value is -1.68. The van der Waals surface area contributed by atoms with E-state index in [4.69, 9.17) is 0 Å². The first kappa shape index (κ1) is 12.8. The van der Waals surface area contributed by atoms with E-state index in [9.17, 15) is 4.39 Å². The van der Waals surface area contributed by atoms with Crippen LogP contribution in [0.1, 0.15) is 17.0 Å². The number of nitrogens with one attached hydrogen (secondary N) is 1. The van der Waals surface area contributed by atoms with Crippen molar-refractivity contribution >= 4 is 0 Å². The molecule has 3 nitrogen and oxygen atoms in total. The molecule has 2 aromatic rings. The Morgan fingerprint density at radius 3 is 2.61 bits per heavy atom. The van der Waals surface area contributed by atoms with Gasteiger partial charge >= 0.3 is 0 Å². The van der Waals surface area contributed by atoms with Crippen LogP contribution in [0.25, 0.3) is 0 Å². The van der Waals surface area contributed by atoms with E-state index in [1.165, 1.54) is 12.1 Å². The first-order valence-electron chi connectivity index (χ1n) is 6.07. The minimum atomic E-state index is -0.181. The highest BCUT2D eigenvalue weighted by Crippen LogP contribution is 2.06. The number of nitrogens with zero attached hydrogens (tertiary/aromatic N) is 2. The van der Waals surface area contributed by atoms with Crippen molar-refractivity contribution in [2.24, 2.45) is 0 Å². The van der Waals surface area contributed by atoms with Gasteiger partial charge in [0.05, 0.1) is 5.69 Å². The molecule has 2 rings (SSSR count). The van der Waals surface area contributed by atoms with Gasteiger partial charge in [-0.1, -0.05) is 12.1 Å². The molecule has 1 N–H and O–H groups in total. The van der Waals surface area contributed by atoms with Crippen LogP contribution in [0, 0.1) is 12.7 Å². The Bertz CT molecular complexity index is 490. The summed E-state index contributed by atoms with van der Waals surface area (Å²) >= 11 is 0. The average Bonchev–Trinajstić information content (AvgIpc) is 2.74. The van der Waals surface area contributed by atoms with Crippen LogP contribution in [0.3, 0.4) is 0 Å². The predicted molar refractivity (Wildman–Crippen MR) is 69.8 cm³/mol. The Labute approximate surface area is 107 Å². The number of rotatable bonds is 5. The van der Waals surface area contributed by atoms with E-state index in [-0.39, 0.29) is 5.82 Å². The summed E-state index contributed by atoms with van der Waals surface area (Å²) in [4.78, 5) is 2.21. The standard InChI is InChI=1S/C14H18FN3/c1-11-9-14(17-16-11)10-18(2)8-7-12-3-5-13(15)6-4-12/h3-6,9H,7-8,10H2,1-2H3,(H,16,17). The van der Waals surface area contributed by atoms with Gasteiger partial charge in [0.2, 0.25) is 0 Å². The third-order valence-electron chi connectivity index (χ3n) is 2.89. The van der Waals surface area contributed by atoms with Crippen LogP contribution in [0.2, 0.25) is 0 Å². The first-order chi connectivity index (χ1) is 8.63. The third kappa shape index (κ3) is 3.67. The summed E-state index contributed by atoms with van der Waals surface area (Å²) in [6.07, 6.45) is 0.917. The van der Waals surface area contributed by atoms with Gasteiger partial charge in [-0.3, -0.25) is 5.10 Å². The number of halogens is 1. The molecule has 0 unspecified atom stereocenters. The van der Waals surface area contributed by atoms with Gasteiger partial charge in [-0.05, 0) is 44.2 Å². The van der Waals surface area contributed by atoms with Crippen LogP contribution >= 0.6 is 0 Å². The van der Waals surface area contributed by atoms with E-state index in [0.717, 1.165) is 36.5 Å². The molecule has 0 fully saturated rings. The van der Waals surface area contributed by atoms with Gasteiger partial charge in [0.15, 0.2) is 0 Å². The molecule has 0 bridgehead atoms. The second kappa shape index (κ2) is 5.78. The highest BCUT2D eigenvalue weighted by Gasteiger charge is 2.04. The number of hydrogen-bond acceptors (Lipinski definition) is 2. The molecule has 0 radical (unpaired) electrons. The van der Waals surface area contributed by atoms with Crippen molar-refractivity contribution in [2.75, 3.05) is 13.6 Å². The molecule has 0 aliphatic carbocycles. The molecule has 0 saturated carbocycles. The predicted octanol–water partition coefficient (Wildman–Crippen LogP) is 2.53. The molecule has 0 saturated heterocycles. The van der Waals surface area contributed by atoms with Gasteiger partial charge in [-0.2, -0.15) is 5.10 Å². The van der Waals surface area contributed by atoms with Crippen molar-refractivity contribution in [1.29, 1.82) is 0 Å². The summed E-state index contributed by atoms with van der Waals surface area (Å²) in [6, 6.07) is 8.73. The van der Waals surface area contributed by atoms with Gasteiger partial charge in [-0.15, -0.1) is 0 Å². The number of aryl methyl sites for hydroxylation is 1. The normalized spacial score (nSPS) is 11.1. The van der Waals surface area contributed by atoms with E-state index >= 15 is 0 Å². The van der Waals surface area contributed by atoms with Gasteiger partial charge in [0.1, 0.15) is 5.82 Å². The van der Waals surface area contributed by atoms with E-state index in [1.807, 2.05) is 25.1 Å². The number of aromatic amines is 1. The molecule has 1 aromatic carbocycles. The lowest BCUT2D eigenvalue weighted by Crippen LogP contribution is -2.20. The van der Waals surface area contributed by atoms with Gasteiger partial charge < -0.3 is 4.90 Å². The number of benzene rings is 1. The van der Waals surface area contributed by atoms with E-state index in [2.05, 4.69) is 22.1 Å². The van der Waals surface area contributed by atoms with Crippen LogP contribution < -0.4 is 0 Å². The second-order valence-electron chi connectivity index (χ2n) is 4.66. The monoisotopic (exact) mass is 247 g/mol. The van der Waals surface area contributed by atoms with Crippen LogP contribution in [0.5, 0.6) is 0 Å². The quantitative estimate of drug-likeness (QED) is 0.880. The maximum absolute atomic E-state index is 12.8. The molecule has 0 atom stereocenters. The van der Waals surface area contributed by atoms with Crippen molar-refractivity contribution in [3.8, 4) is 0 Å². The zero-order valence-corrected chi connectivity index (χ0v) is 10.8. The summed E-state index contributed by atoms with van der Waals surface area (Å²) in [5.41, 5.74) is 3.28. The molecule has 0 aliphatic rings. The Morgan fingerprint density at radius 2 is 2.00 bits per heavy atom. The molecule has 96 valence electrons. The topological polar surface area (TPSA) is 31.9 Å². The molecule has 18 heavy (non-hydrogen) atoms. The molecule has 1 heterocycles. The molecule has 1 aromatic heterocycles. The minimum absolute atomic E-state index is 0.181. The Morgan fingerprint density at radius 1 is 1.28 bits per heavy atom. The zero-order valence-electron chi connectivity index (χ0n) is 10.8. The zero-order chi connectivity index (χ0) is 13.0. The lowest BCUT2D eigenvalue weighted by molar-refractivity contribution is 0.327. The fraction of sp³-hybridized carbons (Fsp3) is 0.357. The first-order valence-corrected chi connectivity index (χ1v) is 6.07. The lowest BCUT2D eigenvalue weighted by atomic mass is 10.1. The lowest BCUT2D eigenvalue weighted by Gasteiger charge is -2.14. The molecule has 0 spiro atoms. The summed E-state index contributed by atoms with van der Waals surface area (Å²) in [5.74, 6) is -0.181. The fourth-order valence-electron chi connectivity index (χ4n) is 1.88. The summed E-state index contributed by atoms with van der Waals surface area (Å²) in [6.45, 7) is 3.75. The van der Waals surface area contributed by atoms with Crippen molar-refractivity contribution in [2.45, 2.75) is 19.9 Å². The Balaban J connectivity index is 1.81. The fourth-order valence-corrected chi connectivity index (χ4v) is 1.88. The van der Waals surface area contributed by atoms with E-state index < -0.39 is 0 Å². The van der Waals surface area contributed by atoms with Crippen LogP contribution in [-0.2, 0) is 13.0 Å². The smallest absolute Gasteiger partial charge is 0.123 e. The van der Waals surface area contributed by atoms with Gasteiger partial charge in [0.25, 0.3) is 0 Å². The SMILES string of the molecule is Cc1cc(CN(C)CCc2ccc(F)cc2)n[nH]1. The second-order valence-corrected chi connectivity index (χ2v) is 4.66. The largest absolute Gasteiger partial charge is 0.300 e. The number of aromatic nitrogens is 2. The molecule has 4 heteroatoms. The average molecular weight is 247 g/mol. The van der Waals surface area contributed by atoms with Gasteiger partial charge in [0, 0.05) is 18.8 Å². The summed E-state index contributed by atoms with van der Waals surface area (Å²) in [5, 5.41) is 7.14. The molecule has 0 amide bonds. The van der Waals surface area contributed by atoms with Crippen molar-refractivity contribution < 1.29 is 4.39 Å². The Kier molecular flexibility index (Phi) is 4.10. The van der Waals surface area contributed by atoms with Crippen LogP contribution in [-0.4, -0.2) is 28.7 Å². The minimum Gasteiger partial charge on any atom is -0.300 e. The number of H-pyrrole nitrogens is 1. The summed E-state index contributed by atoms with van der Waals surface area (Å²) < 4.78 is 12.8. The van der Waals surface area contributed by atoms with E-state index in [0.29, 0.717) is 0 Å². The number of likely N-dealkylation sites (N-methyl/N-ethyl adjacent to an activating group) is 1. The summed E-state index contributed by atoms with van der Waals surface area (Å²) in [7, 11) is 2.06. The maximum Gasteiger partial charge on any atom is 0.123 e. The van der Waals surface area contributed by atoms with Crippen molar-refractivity contribution in [1.82, 2.24) is 15.1 Å². The molecule has 0 aliphatic heterocycles. The van der Waals surface area contributed by atoms with Gasteiger partial charge in [-0.25, -0.2) is 4.39 Å². The maximum atomic E-state index is 12.8. The van der Waals surface area contributed by atoms with Crippen LogP contribution in [0.15, 0.2) is 30.3 Å². The van der Waals surface area contributed by atoms with Crippen molar-refractivity contribution in [3.63, 3.8) is 0 Å². The third-order valence-corrected chi connectivity index (χ3v) is 2.89. The molecular formula is C14H18FN3.